The Labute approximate surface area is 288 Å². The summed E-state index contributed by atoms with van der Waals surface area (Å²) in [6.45, 7) is 0.468. The van der Waals surface area contributed by atoms with E-state index in [1.54, 1.807) is 0 Å². The molecular formula is C40H33MnN7+5. The van der Waals surface area contributed by atoms with E-state index < -0.39 is 0 Å². The number of H-pyrrole nitrogens is 3. The first kappa shape index (κ1) is 30.8. The van der Waals surface area contributed by atoms with Crippen LogP contribution in [0.1, 0.15) is 11.4 Å². The molecule has 1 aromatic carbocycles. The fourth-order valence-corrected chi connectivity index (χ4v) is 6.47. The zero-order chi connectivity index (χ0) is 31.9. The Kier molecular flexibility index (Phi) is 8.16. The number of pyridine rings is 2. The van der Waals surface area contributed by atoms with Gasteiger partial charge in [-0.2, -0.15) is 0 Å². The van der Waals surface area contributed by atoms with Crippen molar-refractivity contribution >= 4 is 50.9 Å². The second-order valence-electron chi connectivity index (χ2n) is 11.7. The molecule has 1 aliphatic heterocycles. The number of hydrogen-bond acceptors (Lipinski definition) is 2. The molecule has 7 nitrogen and oxygen atoms in total. The molecule has 0 aliphatic carbocycles. The van der Waals surface area contributed by atoms with Crippen LogP contribution in [0.3, 0.4) is 0 Å². The van der Waals surface area contributed by atoms with Gasteiger partial charge in [-0.3, -0.25) is 0 Å². The molecular weight excluding hydrogens is 633 g/mol. The van der Waals surface area contributed by atoms with Crippen LogP contribution in [-0.4, -0.2) is 26.5 Å². The molecule has 0 atom stereocenters. The molecule has 8 rings (SSSR count). The van der Waals surface area contributed by atoms with E-state index >= 15 is 0 Å². The normalized spacial score (nSPS) is 11.4. The maximum absolute atomic E-state index is 5.49. The van der Waals surface area contributed by atoms with Crippen molar-refractivity contribution in [2.45, 2.75) is 0 Å². The summed E-state index contributed by atoms with van der Waals surface area (Å²) in [5.74, 6) is 2.65. The minimum atomic E-state index is 0. The van der Waals surface area contributed by atoms with Gasteiger partial charge in [0.05, 0.1) is 56.6 Å². The SMILES string of the molecule is C#CCNc1ccc(-c2c3nc(c(-c4cccc[n+]4C)c4ccc([nH]4)c4ccc([nH]4)c(-c4cccc[n+]4C)c4ccc2[nH]4)C=C3)cc1.[Mn+3]. The van der Waals surface area contributed by atoms with E-state index in [0.29, 0.717) is 6.54 Å². The quantitative estimate of drug-likeness (QED) is 0.0879. The third-order valence-corrected chi connectivity index (χ3v) is 8.77. The summed E-state index contributed by atoms with van der Waals surface area (Å²) in [6.07, 6.45) is 13.9. The van der Waals surface area contributed by atoms with Crippen LogP contribution >= 0.6 is 0 Å². The van der Waals surface area contributed by atoms with Gasteiger partial charge in [0.25, 0.3) is 0 Å². The fraction of sp³-hybridized carbons (Fsp3) is 0.0750. The summed E-state index contributed by atoms with van der Waals surface area (Å²) < 4.78 is 4.28. The zero-order valence-corrected chi connectivity index (χ0v) is 27.7. The smallest absolute Gasteiger partial charge is 0.374 e. The standard InChI is InChI=1S/C40H31N7.Mn/c1-4-23-41-27-13-11-26(12-14-27)38-30-19-21-34(44-30)39(36-9-5-7-24-46(36)2)32-17-15-28(42-32)29-16-18-33(43-29)40(35-22-20-31(38)45-35)37-10-6-8-25-47(37)3;/h1,5-22,24-25H,23H2,2-3H3,(H2,41,44,45);/q;+3/p+2. The topological polar surface area (TPSA) is 80.1 Å². The third-order valence-electron chi connectivity index (χ3n) is 8.77. The van der Waals surface area contributed by atoms with Gasteiger partial charge in [-0.05, 0) is 78.4 Å². The van der Waals surface area contributed by atoms with Gasteiger partial charge in [0.15, 0.2) is 12.4 Å². The number of nitrogens with one attached hydrogen (secondary N) is 4. The fourth-order valence-electron chi connectivity index (χ4n) is 6.47. The van der Waals surface area contributed by atoms with E-state index in [2.05, 4.69) is 159 Å². The van der Waals surface area contributed by atoms with Gasteiger partial charge in [-0.25, -0.2) is 14.1 Å². The van der Waals surface area contributed by atoms with Crippen LogP contribution in [0.4, 0.5) is 5.69 Å². The maximum atomic E-state index is 5.49. The molecule has 7 heterocycles. The predicted octanol–water partition coefficient (Wildman–Crippen LogP) is 7.39. The minimum Gasteiger partial charge on any atom is -0.374 e. The predicted molar refractivity (Wildman–Crippen MR) is 191 cm³/mol. The Morgan fingerprint density at radius 2 is 1.08 bits per heavy atom. The van der Waals surface area contributed by atoms with Crippen molar-refractivity contribution in [3.8, 4) is 46.0 Å². The van der Waals surface area contributed by atoms with Crippen molar-refractivity contribution in [3.05, 3.63) is 121 Å². The number of terminal acetylenes is 1. The van der Waals surface area contributed by atoms with Gasteiger partial charge in [-0.1, -0.05) is 18.1 Å². The van der Waals surface area contributed by atoms with Crippen LogP contribution in [0.25, 0.3) is 78.9 Å². The largest absolute Gasteiger partial charge is 3.00 e. The average Bonchev–Trinajstić information content (AvgIpc) is 3.92. The van der Waals surface area contributed by atoms with Crippen molar-refractivity contribution in [3.63, 3.8) is 0 Å². The van der Waals surface area contributed by atoms with E-state index in [1.807, 2.05) is 12.1 Å². The summed E-state index contributed by atoms with van der Waals surface area (Å²) in [6, 6.07) is 33.8. The molecule has 0 saturated heterocycles. The van der Waals surface area contributed by atoms with E-state index in [4.69, 9.17) is 11.4 Å². The van der Waals surface area contributed by atoms with Gasteiger partial charge >= 0.3 is 17.1 Å². The Hall–Kier alpha value is -5.87. The average molecular weight is 667 g/mol. The molecule has 48 heavy (non-hydrogen) atoms. The number of fused-ring (bicyclic) bond motifs is 9. The molecule has 7 aromatic rings. The van der Waals surface area contributed by atoms with E-state index in [0.717, 1.165) is 83.8 Å². The first-order valence-corrected chi connectivity index (χ1v) is 15.6. The third kappa shape index (κ3) is 5.46. The summed E-state index contributed by atoms with van der Waals surface area (Å²) in [5.41, 5.74) is 15.0. The molecule has 0 saturated carbocycles. The van der Waals surface area contributed by atoms with Crippen molar-refractivity contribution in [2.75, 3.05) is 11.9 Å². The second-order valence-corrected chi connectivity index (χ2v) is 11.7. The molecule has 0 fully saturated rings. The second kappa shape index (κ2) is 12.7. The number of anilines is 1. The zero-order valence-electron chi connectivity index (χ0n) is 26.6. The number of aryl methyl sites for hydroxylation is 2. The summed E-state index contributed by atoms with van der Waals surface area (Å²) in [7, 11) is 4.14. The first-order valence-electron chi connectivity index (χ1n) is 15.6. The molecule has 0 spiro atoms. The summed E-state index contributed by atoms with van der Waals surface area (Å²) in [4.78, 5) is 16.6. The van der Waals surface area contributed by atoms with Gasteiger partial charge < -0.3 is 20.3 Å². The molecule has 230 valence electrons. The van der Waals surface area contributed by atoms with E-state index in [1.165, 1.54) is 0 Å². The number of aromatic amines is 3. The van der Waals surface area contributed by atoms with Crippen LogP contribution in [0.15, 0.2) is 109 Å². The first-order chi connectivity index (χ1) is 23.1. The van der Waals surface area contributed by atoms with Crippen molar-refractivity contribution in [1.82, 2.24) is 19.9 Å². The van der Waals surface area contributed by atoms with E-state index in [9.17, 15) is 0 Å². The van der Waals surface area contributed by atoms with Gasteiger partial charge in [0, 0.05) is 41.0 Å². The summed E-state index contributed by atoms with van der Waals surface area (Å²) in [5, 5.41) is 3.27. The van der Waals surface area contributed by atoms with Crippen molar-refractivity contribution < 1.29 is 26.2 Å². The number of aromatic nitrogens is 6. The number of rotatable bonds is 5. The number of nitrogens with zero attached hydrogens (tertiary/aromatic N) is 3. The van der Waals surface area contributed by atoms with E-state index in [-0.39, 0.29) is 17.1 Å². The molecule has 0 radical (unpaired) electrons. The molecule has 8 bridgehead atoms. The van der Waals surface area contributed by atoms with Crippen LogP contribution in [-0.2, 0) is 31.2 Å². The molecule has 0 unspecified atom stereocenters. The molecule has 1 aliphatic rings. The van der Waals surface area contributed by atoms with Crippen LogP contribution in [0.5, 0.6) is 0 Å². The van der Waals surface area contributed by atoms with Crippen LogP contribution in [0, 0.1) is 12.3 Å². The molecule has 4 N–H and O–H groups in total. The maximum Gasteiger partial charge on any atom is 3.00 e. The Morgan fingerprint density at radius 1 is 0.604 bits per heavy atom. The Morgan fingerprint density at radius 3 is 1.65 bits per heavy atom. The van der Waals surface area contributed by atoms with Crippen LogP contribution < -0.4 is 14.5 Å². The minimum absolute atomic E-state index is 0. The molecule has 6 aromatic heterocycles. The Bertz CT molecular complexity index is 2510. The number of benzene rings is 1. The molecule has 8 heteroatoms. The van der Waals surface area contributed by atoms with Gasteiger partial charge in [0.2, 0.25) is 11.4 Å². The Balaban J connectivity index is 0.00000364. The van der Waals surface area contributed by atoms with Crippen molar-refractivity contribution in [2.24, 2.45) is 14.1 Å². The van der Waals surface area contributed by atoms with Crippen LogP contribution in [0.2, 0.25) is 0 Å². The summed E-state index contributed by atoms with van der Waals surface area (Å²) >= 11 is 0. The molecule has 0 amide bonds. The van der Waals surface area contributed by atoms with Crippen molar-refractivity contribution in [1.29, 1.82) is 0 Å². The monoisotopic (exact) mass is 666 g/mol. The number of hydrogen-bond donors (Lipinski definition) is 4. The van der Waals surface area contributed by atoms with Gasteiger partial charge in [-0.15, -0.1) is 6.42 Å². The van der Waals surface area contributed by atoms with Gasteiger partial charge in [0.1, 0.15) is 14.1 Å².